The zero-order valence-corrected chi connectivity index (χ0v) is 12.5. The monoisotopic (exact) mass is 299 g/mol. The third-order valence-electron chi connectivity index (χ3n) is 2.89. The molecule has 6 heteroatoms. The summed E-state index contributed by atoms with van der Waals surface area (Å²) in [5, 5.41) is 0.334. The largest absolute Gasteiger partial charge is 0.347 e. The number of imidazole rings is 1. The highest BCUT2D eigenvalue weighted by Gasteiger charge is 2.18. The van der Waals surface area contributed by atoms with Crippen molar-refractivity contribution in [2.75, 3.05) is 14.1 Å². The lowest BCUT2D eigenvalue weighted by Crippen LogP contribution is -2.27. The Hall–Kier alpha value is -1.26. The number of carbonyl (C=O) groups is 1. The number of amides is 1. The summed E-state index contributed by atoms with van der Waals surface area (Å²) in [6.07, 6.45) is 0. The molecule has 2 rings (SSSR count). The molecular formula is C13H15Cl2N3O. The van der Waals surface area contributed by atoms with E-state index < -0.39 is 0 Å². The third kappa shape index (κ3) is 2.85. The maximum atomic E-state index is 11.9. The zero-order chi connectivity index (χ0) is 14.2. The van der Waals surface area contributed by atoms with Gasteiger partial charge in [-0.2, -0.15) is 0 Å². The van der Waals surface area contributed by atoms with Crippen LogP contribution in [0.3, 0.4) is 0 Å². The lowest BCUT2D eigenvalue weighted by molar-refractivity contribution is -0.129. The number of likely N-dealkylation sites (N-methyl/N-ethyl adjacent to an activating group) is 1. The predicted octanol–water partition coefficient (Wildman–Crippen LogP) is 3.08. The molecular weight excluding hydrogens is 285 g/mol. The Bertz CT molecular complexity index is 620. The van der Waals surface area contributed by atoms with Crippen molar-refractivity contribution >= 4 is 40.1 Å². The van der Waals surface area contributed by atoms with Crippen LogP contribution in [0.1, 0.15) is 18.1 Å². The first kappa shape index (κ1) is 14.2. The molecule has 0 aliphatic rings. The summed E-state index contributed by atoms with van der Waals surface area (Å²) in [6, 6.07) is 5.41. The topological polar surface area (TPSA) is 38.1 Å². The molecule has 0 spiro atoms. The molecule has 0 bridgehead atoms. The van der Waals surface area contributed by atoms with E-state index in [2.05, 4.69) is 4.98 Å². The normalized spacial score (nSPS) is 12.7. The van der Waals surface area contributed by atoms with Gasteiger partial charge < -0.3 is 9.47 Å². The Morgan fingerprint density at radius 2 is 2.16 bits per heavy atom. The molecule has 1 aromatic carbocycles. The fraction of sp³-hybridized carbons (Fsp3) is 0.385. The number of hydrogen-bond donors (Lipinski definition) is 0. The maximum Gasteiger partial charge on any atom is 0.242 e. The summed E-state index contributed by atoms with van der Waals surface area (Å²) in [4.78, 5) is 17.9. The molecule has 1 aromatic heterocycles. The Kier molecular flexibility index (Phi) is 4.02. The highest BCUT2D eigenvalue weighted by atomic mass is 35.5. The second kappa shape index (κ2) is 5.39. The van der Waals surface area contributed by atoms with Gasteiger partial charge in [-0.3, -0.25) is 4.79 Å². The summed E-state index contributed by atoms with van der Waals surface area (Å²) in [7, 11) is 3.44. The maximum absolute atomic E-state index is 11.9. The molecule has 0 aliphatic heterocycles. The van der Waals surface area contributed by atoms with Gasteiger partial charge in [0.1, 0.15) is 12.4 Å². The highest BCUT2D eigenvalue weighted by Crippen LogP contribution is 2.26. The molecule has 1 atom stereocenters. The van der Waals surface area contributed by atoms with Crippen molar-refractivity contribution in [2.45, 2.75) is 18.8 Å². The van der Waals surface area contributed by atoms with Crippen LogP contribution in [0.15, 0.2) is 18.2 Å². The van der Waals surface area contributed by atoms with E-state index in [1.165, 1.54) is 0 Å². The van der Waals surface area contributed by atoms with E-state index in [1.54, 1.807) is 31.1 Å². The van der Waals surface area contributed by atoms with Crippen LogP contribution in [0, 0.1) is 0 Å². The average molecular weight is 300 g/mol. The molecule has 1 unspecified atom stereocenters. The highest BCUT2D eigenvalue weighted by molar-refractivity contribution is 6.31. The second-order valence-electron chi connectivity index (χ2n) is 4.59. The molecule has 4 nitrogen and oxygen atoms in total. The number of carbonyl (C=O) groups excluding carboxylic acids is 1. The molecule has 0 saturated carbocycles. The number of alkyl halides is 1. The van der Waals surface area contributed by atoms with E-state index in [0.717, 1.165) is 11.0 Å². The Morgan fingerprint density at radius 1 is 1.47 bits per heavy atom. The van der Waals surface area contributed by atoms with Crippen LogP contribution in [0.5, 0.6) is 0 Å². The summed E-state index contributed by atoms with van der Waals surface area (Å²) < 4.78 is 1.82. The molecule has 0 N–H and O–H groups in total. The molecule has 0 saturated heterocycles. The SMILES string of the molecule is CC(Cl)c1nc2ccc(Cl)cc2n1CC(=O)N(C)C. The lowest BCUT2D eigenvalue weighted by atomic mass is 10.3. The van der Waals surface area contributed by atoms with Crippen LogP contribution in [-0.2, 0) is 11.3 Å². The fourth-order valence-electron chi connectivity index (χ4n) is 1.86. The van der Waals surface area contributed by atoms with Gasteiger partial charge in [0, 0.05) is 19.1 Å². The van der Waals surface area contributed by atoms with Gasteiger partial charge in [-0.15, -0.1) is 11.6 Å². The van der Waals surface area contributed by atoms with Crippen LogP contribution >= 0.6 is 23.2 Å². The third-order valence-corrected chi connectivity index (χ3v) is 3.32. The van der Waals surface area contributed by atoms with E-state index in [-0.39, 0.29) is 17.8 Å². The van der Waals surface area contributed by atoms with Gasteiger partial charge in [0.15, 0.2) is 0 Å². The number of benzene rings is 1. The van der Waals surface area contributed by atoms with Gasteiger partial charge in [0.25, 0.3) is 0 Å². The average Bonchev–Trinajstić information content (AvgIpc) is 2.67. The lowest BCUT2D eigenvalue weighted by Gasteiger charge is -2.14. The van der Waals surface area contributed by atoms with Crippen molar-refractivity contribution in [3.63, 3.8) is 0 Å². The first-order chi connectivity index (χ1) is 8.90. The number of rotatable bonds is 3. The van der Waals surface area contributed by atoms with Crippen molar-refractivity contribution in [2.24, 2.45) is 0 Å². The zero-order valence-electron chi connectivity index (χ0n) is 11.0. The second-order valence-corrected chi connectivity index (χ2v) is 5.68. The van der Waals surface area contributed by atoms with Crippen LogP contribution in [0.2, 0.25) is 5.02 Å². The number of hydrogen-bond acceptors (Lipinski definition) is 2. The van der Waals surface area contributed by atoms with Crippen LogP contribution < -0.4 is 0 Å². The van der Waals surface area contributed by atoms with E-state index in [1.807, 2.05) is 17.6 Å². The van der Waals surface area contributed by atoms with Crippen molar-refractivity contribution in [3.8, 4) is 0 Å². The van der Waals surface area contributed by atoms with Gasteiger partial charge in [-0.05, 0) is 25.1 Å². The van der Waals surface area contributed by atoms with Gasteiger partial charge in [-0.1, -0.05) is 11.6 Å². The number of fused-ring (bicyclic) bond motifs is 1. The van der Waals surface area contributed by atoms with Crippen molar-refractivity contribution in [3.05, 3.63) is 29.0 Å². The van der Waals surface area contributed by atoms with Crippen LogP contribution in [0.4, 0.5) is 0 Å². The Labute approximate surface area is 121 Å². The summed E-state index contributed by atoms with van der Waals surface area (Å²) >= 11 is 12.2. The smallest absolute Gasteiger partial charge is 0.242 e. The quantitative estimate of drug-likeness (QED) is 0.817. The van der Waals surface area contributed by atoms with Crippen LogP contribution in [0.25, 0.3) is 11.0 Å². The van der Waals surface area contributed by atoms with E-state index in [0.29, 0.717) is 10.8 Å². The summed E-state index contributed by atoms with van der Waals surface area (Å²) in [6.45, 7) is 2.04. The predicted molar refractivity (Wildman–Crippen MR) is 77.7 cm³/mol. The standard InChI is InChI=1S/C13H15Cl2N3O/c1-8(14)13-16-10-5-4-9(15)6-11(10)18(13)7-12(19)17(2)3/h4-6,8H,7H2,1-3H3. The fourth-order valence-corrected chi connectivity index (χ4v) is 2.19. The Balaban J connectivity index is 2.57. The number of halogens is 2. The van der Waals surface area contributed by atoms with Gasteiger partial charge in [0.05, 0.1) is 16.4 Å². The molecule has 19 heavy (non-hydrogen) atoms. The van der Waals surface area contributed by atoms with Crippen LogP contribution in [-0.4, -0.2) is 34.5 Å². The van der Waals surface area contributed by atoms with Gasteiger partial charge >= 0.3 is 0 Å². The number of nitrogens with zero attached hydrogens (tertiary/aromatic N) is 3. The minimum Gasteiger partial charge on any atom is -0.347 e. The minimum absolute atomic E-state index is 0.0159. The van der Waals surface area contributed by atoms with Crippen molar-refractivity contribution < 1.29 is 4.79 Å². The minimum atomic E-state index is -0.277. The molecule has 102 valence electrons. The molecule has 2 aromatic rings. The summed E-state index contributed by atoms with van der Waals surface area (Å²) in [5.74, 6) is 0.659. The number of aromatic nitrogens is 2. The van der Waals surface area contributed by atoms with E-state index in [9.17, 15) is 4.79 Å². The first-order valence-electron chi connectivity index (χ1n) is 5.90. The van der Waals surface area contributed by atoms with E-state index >= 15 is 0 Å². The van der Waals surface area contributed by atoms with Gasteiger partial charge in [-0.25, -0.2) is 4.98 Å². The summed E-state index contributed by atoms with van der Waals surface area (Å²) in [5.41, 5.74) is 1.61. The first-order valence-corrected chi connectivity index (χ1v) is 6.71. The molecule has 1 heterocycles. The molecule has 0 radical (unpaired) electrons. The van der Waals surface area contributed by atoms with Crippen molar-refractivity contribution in [1.82, 2.24) is 14.5 Å². The Morgan fingerprint density at radius 3 is 2.74 bits per heavy atom. The van der Waals surface area contributed by atoms with Crippen molar-refractivity contribution in [1.29, 1.82) is 0 Å². The van der Waals surface area contributed by atoms with Gasteiger partial charge in [0.2, 0.25) is 5.91 Å². The molecule has 0 aliphatic carbocycles. The molecule has 1 amide bonds. The molecule has 0 fully saturated rings. The van der Waals surface area contributed by atoms with E-state index in [4.69, 9.17) is 23.2 Å².